The molecule has 3 nitrogen and oxygen atoms in total. The molecule has 0 saturated carbocycles. The van der Waals surface area contributed by atoms with Crippen molar-refractivity contribution in [3.8, 4) is 56.3 Å². The van der Waals surface area contributed by atoms with Gasteiger partial charge in [0.25, 0.3) is 0 Å². The Morgan fingerprint density at radius 3 is 1.66 bits per heavy atom. The van der Waals surface area contributed by atoms with Gasteiger partial charge in [0.15, 0.2) is 5.82 Å². The summed E-state index contributed by atoms with van der Waals surface area (Å²) in [5.74, 6) is 0.687. The van der Waals surface area contributed by atoms with Gasteiger partial charge in [0.05, 0.1) is 22.6 Å². The van der Waals surface area contributed by atoms with Crippen molar-refractivity contribution < 1.29 is 0 Å². The lowest BCUT2D eigenvalue weighted by Gasteiger charge is -2.13. The van der Waals surface area contributed by atoms with E-state index in [1.165, 1.54) is 31.3 Å². The minimum Gasteiger partial charge on any atom is -0.247 e. The molecule has 0 aliphatic heterocycles. The van der Waals surface area contributed by atoms with E-state index in [1.54, 1.807) is 0 Å². The van der Waals surface area contributed by atoms with Gasteiger partial charge in [0, 0.05) is 47.8 Å². The van der Waals surface area contributed by atoms with Crippen LogP contribution in [0.1, 0.15) is 0 Å². The number of benzene rings is 6. The zero-order chi connectivity index (χ0) is 31.2. The highest BCUT2D eigenvalue weighted by Crippen LogP contribution is 2.45. The monoisotopic (exact) mass is 617 g/mol. The molecule has 0 amide bonds. The molecule has 0 N–H and O–H groups in total. The van der Waals surface area contributed by atoms with Gasteiger partial charge in [-0.25, -0.2) is 15.0 Å². The van der Waals surface area contributed by atoms with Crippen LogP contribution in [0.4, 0.5) is 0 Å². The molecule has 0 saturated heterocycles. The number of hydrogen-bond acceptors (Lipinski definition) is 4. The summed E-state index contributed by atoms with van der Waals surface area (Å²) in [5.41, 5.74) is 10.2. The summed E-state index contributed by atoms with van der Waals surface area (Å²) in [6.45, 7) is 0. The first-order valence-electron chi connectivity index (χ1n) is 15.7. The molecule has 9 rings (SSSR count). The maximum Gasteiger partial charge on any atom is 0.161 e. The molecule has 6 aromatic carbocycles. The molecule has 0 spiro atoms. The Kier molecular flexibility index (Phi) is 6.65. The number of aromatic nitrogens is 3. The zero-order valence-corrected chi connectivity index (χ0v) is 26.2. The van der Waals surface area contributed by atoms with Gasteiger partial charge in [-0.15, -0.1) is 11.3 Å². The van der Waals surface area contributed by atoms with E-state index in [4.69, 9.17) is 15.0 Å². The van der Waals surface area contributed by atoms with Gasteiger partial charge in [-0.2, -0.15) is 0 Å². The molecular formula is C43H27N3S. The second-order valence-corrected chi connectivity index (χ2v) is 12.7. The van der Waals surface area contributed by atoms with Crippen molar-refractivity contribution in [3.63, 3.8) is 0 Å². The minimum absolute atomic E-state index is 0.687. The van der Waals surface area contributed by atoms with E-state index >= 15 is 0 Å². The molecule has 0 unspecified atom stereocenters. The number of hydrogen-bond donors (Lipinski definition) is 0. The van der Waals surface area contributed by atoms with E-state index in [0.717, 1.165) is 50.2 Å². The van der Waals surface area contributed by atoms with Crippen molar-refractivity contribution in [1.82, 2.24) is 15.0 Å². The Bertz CT molecular complexity index is 2540. The third-order valence-corrected chi connectivity index (χ3v) is 9.89. The lowest BCUT2D eigenvalue weighted by molar-refractivity contribution is 1.19. The van der Waals surface area contributed by atoms with Crippen molar-refractivity contribution in [3.05, 3.63) is 164 Å². The van der Waals surface area contributed by atoms with E-state index in [-0.39, 0.29) is 0 Å². The van der Waals surface area contributed by atoms with Gasteiger partial charge >= 0.3 is 0 Å². The van der Waals surface area contributed by atoms with Crippen LogP contribution in [-0.4, -0.2) is 15.0 Å². The maximum atomic E-state index is 5.33. The first-order chi connectivity index (χ1) is 23.3. The lowest BCUT2D eigenvalue weighted by Crippen LogP contribution is -1.97. The standard InChI is InChI=1S/C43H27N3S/c1-4-13-28(14-5-1)29-23-25-31(26-24-29)37-27-36(30-15-6-2-7-16-30)45-43(46-37)34-20-12-21-35-39(34)42-40(33-19-10-11-22-38(33)47-42)41(44-35)32-17-8-3-9-18-32/h1-27H. The first kappa shape index (κ1) is 27.3. The third-order valence-electron chi connectivity index (χ3n) is 8.71. The molecule has 3 aromatic heterocycles. The molecular weight excluding hydrogens is 591 g/mol. The fourth-order valence-corrected chi connectivity index (χ4v) is 7.70. The van der Waals surface area contributed by atoms with E-state index < -0.39 is 0 Å². The summed E-state index contributed by atoms with van der Waals surface area (Å²) >= 11 is 1.81. The summed E-state index contributed by atoms with van der Waals surface area (Å²) in [5, 5.41) is 3.47. The molecule has 47 heavy (non-hydrogen) atoms. The Balaban J connectivity index is 1.30. The third kappa shape index (κ3) is 4.87. The van der Waals surface area contributed by atoms with Gasteiger partial charge in [-0.1, -0.05) is 146 Å². The summed E-state index contributed by atoms with van der Waals surface area (Å²) in [6.07, 6.45) is 0. The Labute approximate surface area is 276 Å². The van der Waals surface area contributed by atoms with Gasteiger partial charge in [-0.05, 0) is 29.3 Å². The van der Waals surface area contributed by atoms with Gasteiger partial charge < -0.3 is 0 Å². The number of pyridine rings is 1. The molecule has 4 heteroatoms. The number of nitrogens with zero attached hydrogens (tertiary/aromatic N) is 3. The first-order valence-corrected chi connectivity index (χ1v) is 16.5. The Hall–Kier alpha value is -5.97. The van der Waals surface area contributed by atoms with Crippen LogP contribution in [0.3, 0.4) is 0 Å². The maximum absolute atomic E-state index is 5.33. The van der Waals surface area contributed by atoms with Crippen LogP contribution >= 0.6 is 11.3 Å². The molecule has 0 radical (unpaired) electrons. The average Bonchev–Trinajstić information content (AvgIpc) is 3.55. The molecule has 220 valence electrons. The Morgan fingerprint density at radius 1 is 0.404 bits per heavy atom. The summed E-state index contributed by atoms with van der Waals surface area (Å²) < 4.78 is 2.44. The summed E-state index contributed by atoms with van der Waals surface area (Å²) in [7, 11) is 0. The van der Waals surface area contributed by atoms with E-state index in [2.05, 4.69) is 152 Å². The summed E-state index contributed by atoms with van der Waals surface area (Å²) in [6, 6.07) is 57.0. The van der Waals surface area contributed by atoms with Gasteiger partial charge in [0.2, 0.25) is 0 Å². The van der Waals surface area contributed by atoms with Crippen molar-refractivity contribution in [1.29, 1.82) is 0 Å². The van der Waals surface area contributed by atoms with Crippen molar-refractivity contribution in [2.75, 3.05) is 0 Å². The zero-order valence-electron chi connectivity index (χ0n) is 25.3. The van der Waals surface area contributed by atoms with Crippen LogP contribution in [0.25, 0.3) is 87.4 Å². The highest BCUT2D eigenvalue weighted by atomic mass is 32.1. The lowest BCUT2D eigenvalue weighted by atomic mass is 9.99. The van der Waals surface area contributed by atoms with Crippen LogP contribution in [0.15, 0.2) is 164 Å². The average molecular weight is 618 g/mol. The highest BCUT2D eigenvalue weighted by molar-refractivity contribution is 7.26. The van der Waals surface area contributed by atoms with Crippen molar-refractivity contribution >= 4 is 42.4 Å². The van der Waals surface area contributed by atoms with Crippen molar-refractivity contribution in [2.45, 2.75) is 0 Å². The molecule has 0 bridgehead atoms. The second-order valence-electron chi connectivity index (χ2n) is 11.6. The number of rotatable bonds is 5. The second kappa shape index (κ2) is 11.4. The van der Waals surface area contributed by atoms with Gasteiger partial charge in [-0.3, -0.25) is 0 Å². The largest absolute Gasteiger partial charge is 0.247 e. The summed E-state index contributed by atoms with van der Waals surface area (Å²) in [4.78, 5) is 15.8. The smallest absolute Gasteiger partial charge is 0.161 e. The quantitative estimate of drug-likeness (QED) is 0.193. The van der Waals surface area contributed by atoms with Crippen LogP contribution in [0.2, 0.25) is 0 Å². The fourth-order valence-electron chi connectivity index (χ4n) is 6.43. The molecule has 0 aliphatic rings. The molecule has 0 atom stereocenters. The SMILES string of the molecule is c1ccc(-c2ccc(-c3cc(-c4ccccc4)nc(-c4cccc5nc(-c6ccccc6)c6c7ccccc7sc6c45)n3)cc2)cc1. The minimum atomic E-state index is 0.687. The van der Waals surface area contributed by atoms with Gasteiger partial charge in [0.1, 0.15) is 0 Å². The molecule has 0 aliphatic carbocycles. The molecule has 3 heterocycles. The fraction of sp³-hybridized carbons (Fsp3) is 0. The number of fused-ring (bicyclic) bond motifs is 5. The van der Waals surface area contributed by atoms with Crippen molar-refractivity contribution in [2.24, 2.45) is 0 Å². The van der Waals surface area contributed by atoms with E-state index in [1.807, 2.05) is 23.5 Å². The highest BCUT2D eigenvalue weighted by Gasteiger charge is 2.20. The molecule has 0 fully saturated rings. The van der Waals surface area contributed by atoms with Crippen LogP contribution in [0, 0.1) is 0 Å². The van der Waals surface area contributed by atoms with Crippen LogP contribution in [-0.2, 0) is 0 Å². The van der Waals surface area contributed by atoms with Crippen LogP contribution in [0.5, 0.6) is 0 Å². The van der Waals surface area contributed by atoms with E-state index in [0.29, 0.717) is 5.82 Å². The normalized spacial score (nSPS) is 11.4. The number of thiophene rings is 1. The predicted molar refractivity (Wildman–Crippen MR) is 197 cm³/mol. The topological polar surface area (TPSA) is 38.7 Å². The predicted octanol–water partition coefficient (Wildman–Crippen LogP) is 11.7. The molecule has 9 aromatic rings. The Morgan fingerprint density at radius 2 is 0.957 bits per heavy atom. The van der Waals surface area contributed by atoms with E-state index in [9.17, 15) is 0 Å². The van der Waals surface area contributed by atoms with Crippen LogP contribution < -0.4 is 0 Å².